The van der Waals surface area contributed by atoms with Crippen molar-refractivity contribution in [2.24, 2.45) is 0 Å². The van der Waals surface area contributed by atoms with Crippen molar-refractivity contribution < 1.29 is 19.2 Å². The first-order valence-corrected chi connectivity index (χ1v) is 13.0. The van der Waals surface area contributed by atoms with E-state index in [4.69, 9.17) is 33.3 Å². The second-order valence-electron chi connectivity index (χ2n) is 7.43. The van der Waals surface area contributed by atoms with Crippen LogP contribution in [0.1, 0.15) is 18.1 Å². The zero-order chi connectivity index (χ0) is 25.8. The van der Waals surface area contributed by atoms with Gasteiger partial charge in [-0.15, -0.1) is 0 Å². The van der Waals surface area contributed by atoms with Crippen molar-refractivity contribution in [1.29, 1.82) is 0 Å². The summed E-state index contributed by atoms with van der Waals surface area (Å²) in [4.78, 5) is 25.9. The molecule has 0 aliphatic carbocycles. The standard InChI is InChI=1S/C25H18BrClN2O5S2/c1-2-33-22-11-15(7-10-21(22)34-14-16-5-3-4-6-20(16)29(31)32)12-23-24(30)28(25(35)36-23)17-8-9-18(26)19(27)13-17/h3-13H,2,14H2,1H3/b23-12+. The van der Waals surface area contributed by atoms with Gasteiger partial charge in [0, 0.05) is 10.5 Å². The van der Waals surface area contributed by atoms with Gasteiger partial charge in [-0.3, -0.25) is 19.8 Å². The lowest BCUT2D eigenvalue weighted by Gasteiger charge is -2.15. The molecule has 4 rings (SSSR count). The Hall–Kier alpha value is -2.92. The number of halogens is 2. The predicted octanol–water partition coefficient (Wildman–Crippen LogP) is 7.39. The summed E-state index contributed by atoms with van der Waals surface area (Å²) in [5, 5.41) is 11.8. The molecule has 0 bridgehead atoms. The lowest BCUT2D eigenvalue weighted by molar-refractivity contribution is -0.385. The number of hydrogen-bond acceptors (Lipinski definition) is 7. The largest absolute Gasteiger partial charge is 0.490 e. The number of anilines is 1. The van der Waals surface area contributed by atoms with Gasteiger partial charge in [-0.1, -0.05) is 53.8 Å². The maximum Gasteiger partial charge on any atom is 0.276 e. The van der Waals surface area contributed by atoms with E-state index in [0.717, 1.165) is 4.47 Å². The van der Waals surface area contributed by atoms with Crippen LogP contribution in [0.5, 0.6) is 11.5 Å². The van der Waals surface area contributed by atoms with Crippen LogP contribution >= 0.6 is 51.5 Å². The van der Waals surface area contributed by atoms with E-state index in [1.807, 2.05) is 6.92 Å². The number of hydrogen-bond donors (Lipinski definition) is 0. The minimum atomic E-state index is -0.441. The summed E-state index contributed by atoms with van der Waals surface area (Å²) < 4.78 is 12.7. The molecule has 0 N–H and O–H groups in total. The van der Waals surface area contributed by atoms with Crippen LogP contribution in [-0.2, 0) is 11.4 Å². The second-order valence-corrected chi connectivity index (χ2v) is 10.4. The van der Waals surface area contributed by atoms with Crippen LogP contribution in [0, 0.1) is 10.1 Å². The molecule has 0 saturated carbocycles. The van der Waals surface area contributed by atoms with Gasteiger partial charge in [0.05, 0.1) is 32.7 Å². The van der Waals surface area contributed by atoms with Crippen molar-refractivity contribution in [1.82, 2.24) is 0 Å². The number of carbonyl (C=O) groups is 1. The first-order chi connectivity index (χ1) is 17.3. The lowest BCUT2D eigenvalue weighted by Crippen LogP contribution is -2.27. The Labute approximate surface area is 230 Å². The van der Waals surface area contributed by atoms with Crippen LogP contribution in [0.4, 0.5) is 11.4 Å². The van der Waals surface area contributed by atoms with Crippen molar-refractivity contribution in [3.8, 4) is 11.5 Å². The first-order valence-electron chi connectivity index (χ1n) is 10.6. The van der Waals surface area contributed by atoms with E-state index >= 15 is 0 Å². The van der Waals surface area contributed by atoms with E-state index in [1.54, 1.807) is 60.7 Å². The van der Waals surface area contributed by atoms with Crippen LogP contribution in [0.25, 0.3) is 6.08 Å². The highest BCUT2D eigenvalue weighted by Crippen LogP contribution is 2.39. The molecule has 1 heterocycles. The second kappa shape index (κ2) is 11.4. The van der Waals surface area contributed by atoms with Gasteiger partial charge in [-0.05, 0) is 70.9 Å². The van der Waals surface area contributed by atoms with Gasteiger partial charge in [0.25, 0.3) is 11.6 Å². The van der Waals surface area contributed by atoms with Gasteiger partial charge in [-0.2, -0.15) is 0 Å². The third-order valence-corrected chi connectivity index (χ3v) is 7.63. The van der Waals surface area contributed by atoms with Crippen LogP contribution in [-0.4, -0.2) is 21.8 Å². The summed E-state index contributed by atoms with van der Waals surface area (Å²) in [6, 6.07) is 16.8. The van der Waals surface area contributed by atoms with Crippen LogP contribution in [0.2, 0.25) is 5.02 Å². The number of thiocarbonyl (C=S) groups is 1. The lowest BCUT2D eigenvalue weighted by atomic mass is 10.1. The van der Waals surface area contributed by atoms with Gasteiger partial charge in [0.1, 0.15) is 6.61 Å². The van der Waals surface area contributed by atoms with Gasteiger partial charge in [0.2, 0.25) is 0 Å². The van der Waals surface area contributed by atoms with Crippen molar-refractivity contribution in [3.05, 3.63) is 96.3 Å². The summed E-state index contributed by atoms with van der Waals surface area (Å²) in [7, 11) is 0. The SMILES string of the molecule is CCOc1cc(/C=C2/SC(=S)N(c3ccc(Br)c(Cl)c3)C2=O)ccc1OCc1ccccc1[N+](=O)[O-]. The molecular weight excluding hydrogens is 588 g/mol. The molecule has 0 unspecified atom stereocenters. The molecule has 11 heteroatoms. The molecule has 0 spiro atoms. The molecule has 0 aromatic heterocycles. The molecule has 1 amide bonds. The van der Waals surface area contributed by atoms with Crippen LogP contribution in [0.15, 0.2) is 70.0 Å². The summed E-state index contributed by atoms with van der Waals surface area (Å²) in [5.41, 5.74) is 1.74. The third kappa shape index (κ3) is 5.73. The fourth-order valence-electron chi connectivity index (χ4n) is 3.43. The average molecular weight is 606 g/mol. The highest BCUT2D eigenvalue weighted by atomic mass is 79.9. The zero-order valence-electron chi connectivity index (χ0n) is 18.8. The molecule has 1 aliphatic rings. The minimum absolute atomic E-state index is 0.00494. The van der Waals surface area contributed by atoms with Gasteiger partial charge < -0.3 is 9.47 Å². The Morgan fingerprint density at radius 2 is 1.92 bits per heavy atom. The van der Waals surface area contributed by atoms with Crippen LogP contribution in [0.3, 0.4) is 0 Å². The molecule has 1 aliphatic heterocycles. The normalized spacial score (nSPS) is 14.4. The highest BCUT2D eigenvalue weighted by Gasteiger charge is 2.33. The number of carbonyl (C=O) groups excluding carboxylic acids is 1. The molecular formula is C25H18BrClN2O5S2. The Morgan fingerprint density at radius 3 is 2.64 bits per heavy atom. The molecule has 7 nitrogen and oxygen atoms in total. The minimum Gasteiger partial charge on any atom is -0.490 e. The molecule has 0 radical (unpaired) electrons. The predicted molar refractivity (Wildman–Crippen MR) is 150 cm³/mol. The molecule has 36 heavy (non-hydrogen) atoms. The molecule has 3 aromatic rings. The number of ether oxygens (including phenoxy) is 2. The zero-order valence-corrected chi connectivity index (χ0v) is 22.7. The maximum atomic E-state index is 13.1. The average Bonchev–Trinajstić information content (AvgIpc) is 3.13. The number of nitro benzene ring substituents is 1. The van der Waals surface area contributed by atoms with Crippen LogP contribution < -0.4 is 14.4 Å². The van der Waals surface area contributed by atoms with Gasteiger partial charge >= 0.3 is 0 Å². The summed E-state index contributed by atoms with van der Waals surface area (Å²) in [5.74, 6) is 0.641. The van der Waals surface area contributed by atoms with E-state index in [2.05, 4.69) is 15.9 Å². The van der Waals surface area contributed by atoms with E-state index < -0.39 is 4.92 Å². The van der Waals surface area contributed by atoms with Crippen molar-refractivity contribution in [2.45, 2.75) is 13.5 Å². The van der Waals surface area contributed by atoms with E-state index in [1.165, 1.54) is 22.7 Å². The van der Waals surface area contributed by atoms with Crippen molar-refractivity contribution in [2.75, 3.05) is 11.5 Å². The third-order valence-electron chi connectivity index (χ3n) is 5.09. The van der Waals surface area contributed by atoms with E-state index in [-0.39, 0.29) is 18.2 Å². The van der Waals surface area contributed by atoms with E-state index in [0.29, 0.717) is 49.2 Å². The number of para-hydroxylation sites is 1. The Morgan fingerprint density at radius 1 is 1.14 bits per heavy atom. The molecule has 184 valence electrons. The highest BCUT2D eigenvalue weighted by molar-refractivity contribution is 9.10. The number of amides is 1. The number of benzene rings is 3. The van der Waals surface area contributed by atoms with Crippen molar-refractivity contribution >= 4 is 79.2 Å². The number of rotatable bonds is 8. The Kier molecular flexibility index (Phi) is 8.30. The summed E-state index contributed by atoms with van der Waals surface area (Å²) in [6.07, 6.45) is 1.73. The molecule has 0 atom stereocenters. The first kappa shape index (κ1) is 26.2. The number of nitrogens with zero attached hydrogens (tertiary/aromatic N) is 2. The number of thioether (sulfide) groups is 1. The fraction of sp³-hybridized carbons (Fsp3) is 0.120. The maximum absolute atomic E-state index is 13.1. The fourth-order valence-corrected chi connectivity index (χ4v) is 5.15. The smallest absolute Gasteiger partial charge is 0.276 e. The topological polar surface area (TPSA) is 81.9 Å². The van der Waals surface area contributed by atoms with Gasteiger partial charge in [0.15, 0.2) is 15.8 Å². The summed E-state index contributed by atoms with van der Waals surface area (Å²) in [6.45, 7) is 2.23. The molecule has 1 fully saturated rings. The summed E-state index contributed by atoms with van der Waals surface area (Å²) >= 11 is 16.2. The monoisotopic (exact) mass is 604 g/mol. The Bertz CT molecular complexity index is 1400. The van der Waals surface area contributed by atoms with Crippen molar-refractivity contribution in [3.63, 3.8) is 0 Å². The quantitative estimate of drug-likeness (QED) is 0.115. The Balaban J connectivity index is 1.57. The molecule has 1 saturated heterocycles. The number of nitro groups is 1. The van der Waals surface area contributed by atoms with Gasteiger partial charge in [-0.25, -0.2) is 0 Å². The van der Waals surface area contributed by atoms with E-state index in [9.17, 15) is 14.9 Å². The molecule has 3 aromatic carbocycles.